The minimum absolute atomic E-state index is 0.0654. The smallest absolute Gasteiger partial charge is 0.233 e. The molecule has 1 unspecified atom stereocenters. The highest BCUT2D eigenvalue weighted by atomic mass is 32.2. The van der Waals surface area contributed by atoms with Crippen molar-refractivity contribution >= 4 is 23.5 Å². The molecular formula is C20H25N3O2S. The highest BCUT2D eigenvalue weighted by Gasteiger charge is 2.15. The van der Waals surface area contributed by atoms with Gasteiger partial charge in [-0.3, -0.25) is 4.79 Å². The standard InChI is InChI=1S/C20H25N3O2S/c1-16(26-15-17-5-3-2-4-6-17)20(24)22-14-18-7-8-21-19(13-18)23-9-11-25-12-10-23/h2-8,13,16H,9-12,14-15H2,1H3,(H,22,24). The third kappa shape index (κ3) is 5.47. The van der Waals surface area contributed by atoms with Crippen LogP contribution in [0.15, 0.2) is 48.7 Å². The number of nitrogens with zero attached hydrogens (tertiary/aromatic N) is 2. The second kappa shape index (κ2) is 9.59. The van der Waals surface area contributed by atoms with E-state index in [2.05, 4.69) is 27.3 Å². The van der Waals surface area contributed by atoms with Crippen LogP contribution in [0.1, 0.15) is 18.1 Å². The van der Waals surface area contributed by atoms with Gasteiger partial charge in [-0.15, -0.1) is 11.8 Å². The quantitative estimate of drug-likeness (QED) is 0.811. The summed E-state index contributed by atoms with van der Waals surface area (Å²) in [5, 5.41) is 2.95. The normalized spacial score (nSPS) is 15.5. The molecule has 1 amide bonds. The number of hydrogen-bond donors (Lipinski definition) is 1. The number of thioether (sulfide) groups is 1. The summed E-state index contributed by atoms with van der Waals surface area (Å²) in [6, 6.07) is 14.2. The first kappa shape index (κ1) is 18.7. The molecule has 0 radical (unpaired) electrons. The van der Waals surface area contributed by atoms with Crippen LogP contribution in [0.4, 0.5) is 5.82 Å². The number of carbonyl (C=O) groups excluding carboxylic acids is 1. The Labute approximate surface area is 159 Å². The Morgan fingerprint density at radius 2 is 2.00 bits per heavy atom. The molecule has 5 nitrogen and oxygen atoms in total. The van der Waals surface area contributed by atoms with Crippen LogP contribution in [0.25, 0.3) is 0 Å². The monoisotopic (exact) mass is 371 g/mol. The zero-order valence-electron chi connectivity index (χ0n) is 15.1. The molecular weight excluding hydrogens is 346 g/mol. The fourth-order valence-electron chi connectivity index (χ4n) is 2.74. The first-order valence-corrected chi connectivity index (χ1v) is 9.98. The van der Waals surface area contributed by atoms with Crippen molar-refractivity contribution in [3.8, 4) is 0 Å². The van der Waals surface area contributed by atoms with E-state index in [1.807, 2.05) is 37.3 Å². The van der Waals surface area contributed by atoms with E-state index in [4.69, 9.17) is 4.74 Å². The molecule has 1 aliphatic heterocycles. The van der Waals surface area contributed by atoms with E-state index >= 15 is 0 Å². The van der Waals surface area contributed by atoms with Crippen LogP contribution in [0.2, 0.25) is 0 Å². The fraction of sp³-hybridized carbons (Fsp3) is 0.400. The van der Waals surface area contributed by atoms with E-state index in [0.29, 0.717) is 6.54 Å². The lowest BCUT2D eigenvalue weighted by Gasteiger charge is -2.28. The van der Waals surface area contributed by atoms with Gasteiger partial charge >= 0.3 is 0 Å². The van der Waals surface area contributed by atoms with Crippen LogP contribution in [0.5, 0.6) is 0 Å². The van der Waals surface area contributed by atoms with E-state index in [0.717, 1.165) is 43.4 Å². The van der Waals surface area contributed by atoms with Gasteiger partial charge in [-0.05, 0) is 30.2 Å². The number of benzene rings is 1. The van der Waals surface area contributed by atoms with Crippen molar-refractivity contribution < 1.29 is 9.53 Å². The maximum atomic E-state index is 12.3. The van der Waals surface area contributed by atoms with Crippen molar-refractivity contribution in [1.82, 2.24) is 10.3 Å². The van der Waals surface area contributed by atoms with Gasteiger partial charge in [0.05, 0.1) is 18.5 Å². The van der Waals surface area contributed by atoms with E-state index in [1.54, 1.807) is 18.0 Å². The number of hydrogen-bond acceptors (Lipinski definition) is 5. The Hall–Kier alpha value is -2.05. The van der Waals surface area contributed by atoms with E-state index in [-0.39, 0.29) is 11.2 Å². The predicted octanol–water partition coefficient (Wildman–Crippen LogP) is 2.86. The average molecular weight is 372 g/mol. The SMILES string of the molecule is CC(SCc1ccccc1)C(=O)NCc1ccnc(N2CCOCC2)c1. The minimum Gasteiger partial charge on any atom is -0.378 e. The summed E-state index contributed by atoms with van der Waals surface area (Å²) >= 11 is 1.65. The molecule has 0 saturated carbocycles. The summed E-state index contributed by atoms with van der Waals surface area (Å²) in [5.74, 6) is 1.86. The maximum absolute atomic E-state index is 12.3. The van der Waals surface area contributed by atoms with Crippen LogP contribution in [-0.4, -0.2) is 42.4 Å². The van der Waals surface area contributed by atoms with Crippen LogP contribution in [0.3, 0.4) is 0 Å². The first-order chi connectivity index (χ1) is 12.7. The van der Waals surface area contributed by atoms with E-state index < -0.39 is 0 Å². The van der Waals surface area contributed by atoms with E-state index in [1.165, 1.54) is 5.56 Å². The Balaban J connectivity index is 1.47. The van der Waals surface area contributed by atoms with Gasteiger partial charge in [-0.2, -0.15) is 0 Å². The molecule has 2 aromatic rings. The van der Waals surface area contributed by atoms with E-state index in [9.17, 15) is 4.79 Å². The van der Waals surface area contributed by atoms with Crippen molar-refractivity contribution in [2.24, 2.45) is 0 Å². The molecule has 2 heterocycles. The largest absolute Gasteiger partial charge is 0.378 e. The number of amides is 1. The molecule has 26 heavy (non-hydrogen) atoms. The molecule has 1 aliphatic rings. The van der Waals surface area contributed by atoms with Gasteiger partial charge in [0, 0.05) is 31.6 Å². The van der Waals surface area contributed by atoms with Crippen molar-refractivity contribution in [3.05, 3.63) is 59.8 Å². The maximum Gasteiger partial charge on any atom is 0.233 e. The Kier molecular flexibility index (Phi) is 6.91. The molecule has 1 fully saturated rings. The number of morpholine rings is 1. The summed E-state index contributed by atoms with van der Waals surface area (Å²) < 4.78 is 5.38. The Morgan fingerprint density at radius 1 is 1.23 bits per heavy atom. The molecule has 0 aliphatic carbocycles. The molecule has 6 heteroatoms. The minimum atomic E-state index is -0.0873. The van der Waals surface area contributed by atoms with Crippen molar-refractivity contribution in [2.45, 2.75) is 24.5 Å². The molecule has 1 aromatic carbocycles. The highest BCUT2D eigenvalue weighted by Crippen LogP contribution is 2.18. The Morgan fingerprint density at radius 3 is 2.77 bits per heavy atom. The number of nitrogens with one attached hydrogen (secondary N) is 1. The molecule has 138 valence electrons. The van der Waals surface area contributed by atoms with Gasteiger partial charge < -0.3 is 15.0 Å². The van der Waals surface area contributed by atoms with Crippen LogP contribution in [0, 0.1) is 0 Å². The molecule has 1 aromatic heterocycles. The van der Waals surface area contributed by atoms with Gasteiger partial charge in [0.2, 0.25) is 5.91 Å². The van der Waals surface area contributed by atoms with Crippen LogP contribution in [-0.2, 0) is 21.8 Å². The average Bonchev–Trinajstić information content (AvgIpc) is 2.72. The number of ether oxygens (including phenoxy) is 1. The third-order valence-electron chi connectivity index (χ3n) is 4.32. The molecule has 3 rings (SSSR count). The summed E-state index contributed by atoms with van der Waals surface area (Å²) in [7, 11) is 0. The van der Waals surface area contributed by atoms with Crippen LogP contribution < -0.4 is 10.2 Å². The lowest BCUT2D eigenvalue weighted by Crippen LogP contribution is -2.36. The molecule has 1 saturated heterocycles. The number of anilines is 1. The summed E-state index contributed by atoms with van der Waals surface area (Å²) in [6.45, 7) is 5.66. The topological polar surface area (TPSA) is 54.5 Å². The van der Waals surface area contributed by atoms with Crippen LogP contribution >= 0.6 is 11.8 Å². The lowest BCUT2D eigenvalue weighted by atomic mass is 10.2. The summed E-state index contributed by atoms with van der Waals surface area (Å²) in [6.07, 6.45) is 1.81. The van der Waals surface area contributed by atoms with Crippen molar-refractivity contribution in [3.63, 3.8) is 0 Å². The van der Waals surface area contributed by atoms with Gasteiger partial charge in [-0.25, -0.2) is 4.98 Å². The first-order valence-electron chi connectivity index (χ1n) is 8.93. The summed E-state index contributed by atoms with van der Waals surface area (Å²) in [4.78, 5) is 19.0. The zero-order valence-corrected chi connectivity index (χ0v) is 15.9. The predicted molar refractivity (Wildman–Crippen MR) is 106 cm³/mol. The number of rotatable bonds is 7. The van der Waals surface area contributed by atoms with Gasteiger partial charge in [0.1, 0.15) is 5.82 Å². The summed E-state index contributed by atoms with van der Waals surface area (Å²) in [5.41, 5.74) is 2.30. The molecule has 1 N–H and O–H groups in total. The number of carbonyl (C=O) groups is 1. The second-order valence-corrected chi connectivity index (χ2v) is 7.61. The van der Waals surface area contributed by atoms with Crippen molar-refractivity contribution in [2.75, 3.05) is 31.2 Å². The lowest BCUT2D eigenvalue weighted by molar-refractivity contribution is -0.120. The Bertz CT molecular complexity index is 705. The van der Waals surface area contributed by atoms with Gasteiger partial charge in [0.25, 0.3) is 0 Å². The zero-order chi connectivity index (χ0) is 18.2. The highest BCUT2D eigenvalue weighted by molar-refractivity contribution is 7.99. The van der Waals surface area contributed by atoms with Gasteiger partial charge in [-0.1, -0.05) is 30.3 Å². The molecule has 1 atom stereocenters. The molecule has 0 bridgehead atoms. The van der Waals surface area contributed by atoms with Gasteiger partial charge in [0.15, 0.2) is 0 Å². The second-order valence-electron chi connectivity index (χ2n) is 6.28. The number of pyridine rings is 1. The van der Waals surface area contributed by atoms with Crippen molar-refractivity contribution in [1.29, 1.82) is 0 Å². The fourth-order valence-corrected chi connectivity index (χ4v) is 3.61. The third-order valence-corrected chi connectivity index (χ3v) is 5.54. The molecule has 0 spiro atoms. The number of aromatic nitrogens is 1.